The Morgan fingerprint density at radius 1 is 1.14 bits per heavy atom. The smallest absolute Gasteiger partial charge is 0.415 e. The van der Waals surface area contributed by atoms with Crippen molar-refractivity contribution in [2.24, 2.45) is 5.92 Å². The Kier molecular flexibility index (Phi) is 6.83. The highest BCUT2D eigenvalue weighted by Gasteiger charge is 2.41. The third kappa shape index (κ3) is 4.44. The van der Waals surface area contributed by atoms with Gasteiger partial charge in [-0.25, -0.2) is 9.59 Å². The fourth-order valence-corrected chi connectivity index (χ4v) is 5.17. The van der Waals surface area contributed by atoms with Crippen LogP contribution >= 0.6 is 0 Å². The monoisotopic (exact) mass is 492 g/mol. The van der Waals surface area contributed by atoms with E-state index in [1.54, 1.807) is 26.0 Å². The van der Waals surface area contributed by atoms with Gasteiger partial charge in [0.1, 0.15) is 11.9 Å². The van der Waals surface area contributed by atoms with Gasteiger partial charge in [0.25, 0.3) is 5.69 Å². The van der Waals surface area contributed by atoms with E-state index in [1.807, 2.05) is 38.1 Å². The predicted molar refractivity (Wildman–Crippen MR) is 131 cm³/mol. The van der Waals surface area contributed by atoms with Crippen molar-refractivity contribution in [3.05, 3.63) is 92.3 Å². The maximum absolute atomic E-state index is 13.8. The van der Waals surface area contributed by atoms with Gasteiger partial charge < -0.3 is 14.6 Å². The standard InChI is InChI=1S/C27H28N2O7/c1-15(2)23-16(3)28(27(31)32)17(4)24(25(23)18-8-7-9-19(14-18)29(33)34)26(30)36-22-12-13-35-21-11-6-5-10-20(21)22/h5-11,14-15,22,25H,12-13H2,1-4H3,(H,31,32). The molecule has 188 valence electrons. The van der Waals surface area contributed by atoms with Gasteiger partial charge >= 0.3 is 12.1 Å². The molecule has 9 nitrogen and oxygen atoms in total. The van der Waals surface area contributed by atoms with Gasteiger partial charge in [-0.15, -0.1) is 0 Å². The number of non-ortho nitro benzene ring substituents is 1. The van der Waals surface area contributed by atoms with E-state index in [9.17, 15) is 24.8 Å². The van der Waals surface area contributed by atoms with Crippen LogP contribution in [-0.2, 0) is 9.53 Å². The van der Waals surface area contributed by atoms with E-state index < -0.39 is 29.0 Å². The Labute approximate surface area is 208 Å². The molecule has 2 aromatic rings. The highest BCUT2D eigenvalue weighted by Crippen LogP contribution is 2.46. The number of hydrogen-bond donors (Lipinski definition) is 1. The predicted octanol–water partition coefficient (Wildman–Crippen LogP) is 5.94. The number of allylic oxidation sites excluding steroid dienone is 3. The Balaban J connectivity index is 1.85. The number of carboxylic acid groups (broad SMARTS) is 1. The average Bonchev–Trinajstić information content (AvgIpc) is 2.83. The van der Waals surface area contributed by atoms with E-state index in [1.165, 1.54) is 12.1 Å². The first kappa shape index (κ1) is 25.0. The minimum atomic E-state index is -1.22. The SMILES string of the molecule is CC1=C(C(=O)OC2CCOc3ccccc32)C(c2cccc([N+](=O)[O-])c2)C(C(C)C)=C(C)N1C(=O)O. The number of ether oxygens (including phenoxy) is 2. The number of nitrogens with zero attached hydrogens (tertiary/aromatic N) is 2. The van der Waals surface area contributed by atoms with Gasteiger partial charge in [0.2, 0.25) is 0 Å². The van der Waals surface area contributed by atoms with Crippen LogP contribution in [0.5, 0.6) is 5.75 Å². The maximum Gasteiger partial charge on any atom is 0.415 e. The number of rotatable bonds is 5. The van der Waals surface area contributed by atoms with Crippen molar-refractivity contribution in [1.29, 1.82) is 0 Å². The molecule has 36 heavy (non-hydrogen) atoms. The molecule has 0 saturated carbocycles. The lowest BCUT2D eigenvalue weighted by Gasteiger charge is -2.38. The summed E-state index contributed by atoms with van der Waals surface area (Å²) in [5, 5.41) is 21.5. The quantitative estimate of drug-likeness (QED) is 0.311. The molecule has 2 aliphatic heterocycles. The highest BCUT2D eigenvalue weighted by atomic mass is 16.6. The zero-order valence-corrected chi connectivity index (χ0v) is 20.6. The van der Waals surface area contributed by atoms with Crippen molar-refractivity contribution in [2.45, 2.75) is 46.1 Å². The van der Waals surface area contributed by atoms with E-state index in [2.05, 4.69) is 0 Å². The van der Waals surface area contributed by atoms with E-state index in [0.717, 1.165) is 10.5 Å². The molecule has 0 fully saturated rings. The summed E-state index contributed by atoms with van der Waals surface area (Å²) in [7, 11) is 0. The van der Waals surface area contributed by atoms with Gasteiger partial charge in [-0.3, -0.25) is 15.0 Å². The fourth-order valence-electron chi connectivity index (χ4n) is 5.17. The molecular weight excluding hydrogens is 464 g/mol. The summed E-state index contributed by atoms with van der Waals surface area (Å²) in [6.07, 6.45) is -1.34. The molecule has 2 atom stereocenters. The number of amides is 1. The summed E-state index contributed by atoms with van der Waals surface area (Å²) < 4.78 is 11.7. The zero-order chi connectivity index (χ0) is 26.1. The van der Waals surface area contributed by atoms with Crippen molar-refractivity contribution >= 4 is 17.7 Å². The van der Waals surface area contributed by atoms with Crippen LogP contribution in [0, 0.1) is 16.0 Å². The molecule has 1 N–H and O–H groups in total. The molecule has 0 aromatic heterocycles. The minimum Gasteiger partial charge on any atom is -0.493 e. The number of esters is 1. The Morgan fingerprint density at radius 2 is 1.86 bits per heavy atom. The molecule has 0 saturated heterocycles. The topological polar surface area (TPSA) is 119 Å². The van der Waals surface area contributed by atoms with Crippen molar-refractivity contribution in [1.82, 2.24) is 4.90 Å². The third-order valence-corrected chi connectivity index (χ3v) is 6.68. The lowest BCUT2D eigenvalue weighted by Crippen LogP contribution is -2.37. The first-order valence-corrected chi connectivity index (χ1v) is 11.7. The number of benzene rings is 2. The van der Waals surface area contributed by atoms with Gasteiger partial charge in [0.15, 0.2) is 0 Å². The summed E-state index contributed by atoms with van der Waals surface area (Å²) in [6, 6.07) is 13.4. The van der Waals surface area contributed by atoms with E-state index in [-0.39, 0.29) is 22.9 Å². The summed E-state index contributed by atoms with van der Waals surface area (Å²) >= 11 is 0. The number of hydrogen-bond acceptors (Lipinski definition) is 6. The molecule has 0 bridgehead atoms. The number of nitro benzene ring substituents is 1. The van der Waals surface area contributed by atoms with Gasteiger partial charge in [-0.2, -0.15) is 0 Å². The first-order chi connectivity index (χ1) is 17.1. The van der Waals surface area contributed by atoms with Crippen LogP contribution in [0.4, 0.5) is 10.5 Å². The van der Waals surface area contributed by atoms with E-state index in [4.69, 9.17) is 9.47 Å². The lowest BCUT2D eigenvalue weighted by atomic mass is 9.75. The van der Waals surface area contributed by atoms with Gasteiger partial charge in [0, 0.05) is 41.4 Å². The second-order valence-electron chi connectivity index (χ2n) is 9.17. The molecule has 0 aliphatic carbocycles. The summed E-state index contributed by atoms with van der Waals surface area (Å²) in [5.74, 6) is -0.890. The molecule has 2 heterocycles. The van der Waals surface area contributed by atoms with Crippen molar-refractivity contribution in [3.63, 3.8) is 0 Å². The van der Waals surface area contributed by atoms with Crippen LogP contribution in [0.3, 0.4) is 0 Å². The molecule has 2 aliphatic rings. The van der Waals surface area contributed by atoms with Crippen molar-refractivity contribution < 1.29 is 29.1 Å². The molecule has 9 heteroatoms. The second kappa shape index (κ2) is 9.85. The van der Waals surface area contributed by atoms with Crippen LogP contribution in [0.15, 0.2) is 71.1 Å². The Hall–Kier alpha value is -4.14. The van der Waals surface area contributed by atoms with Crippen LogP contribution in [0.25, 0.3) is 0 Å². The van der Waals surface area contributed by atoms with Crippen LogP contribution in [0.2, 0.25) is 0 Å². The maximum atomic E-state index is 13.8. The van der Waals surface area contributed by atoms with E-state index in [0.29, 0.717) is 35.6 Å². The molecule has 0 radical (unpaired) electrons. The van der Waals surface area contributed by atoms with Gasteiger partial charge in [0.05, 0.1) is 17.1 Å². The van der Waals surface area contributed by atoms with Gasteiger partial charge in [-0.05, 0) is 37.0 Å². The molecule has 4 rings (SSSR count). The molecule has 2 aromatic carbocycles. The summed E-state index contributed by atoms with van der Waals surface area (Å²) in [4.78, 5) is 38.2. The fraction of sp³-hybridized carbons (Fsp3) is 0.333. The zero-order valence-electron chi connectivity index (χ0n) is 20.6. The largest absolute Gasteiger partial charge is 0.493 e. The Morgan fingerprint density at radius 3 is 2.53 bits per heavy atom. The number of carbonyl (C=O) groups excluding carboxylic acids is 1. The lowest BCUT2D eigenvalue weighted by molar-refractivity contribution is -0.384. The van der Waals surface area contributed by atoms with E-state index >= 15 is 0 Å². The van der Waals surface area contributed by atoms with Crippen LogP contribution in [0.1, 0.15) is 57.3 Å². The summed E-state index contributed by atoms with van der Waals surface area (Å²) in [6.45, 7) is 7.43. The first-order valence-electron chi connectivity index (χ1n) is 11.7. The summed E-state index contributed by atoms with van der Waals surface area (Å²) in [5.41, 5.74) is 2.67. The van der Waals surface area contributed by atoms with Crippen LogP contribution in [-0.4, -0.2) is 33.6 Å². The molecule has 0 spiro atoms. The average molecular weight is 493 g/mol. The van der Waals surface area contributed by atoms with Gasteiger partial charge in [-0.1, -0.05) is 44.2 Å². The second-order valence-corrected chi connectivity index (χ2v) is 9.17. The number of fused-ring (bicyclic) bond motifs is 1. The molecular formula is C27H28N2O7. The normalized spacial score (nSPS) is 19.6. The molecule has 2 unspecified atom stereocenters. The van der Waals surface area contributed by atoms with Crippen molar-refractivity contribution in [3.8, 4) is 5.75 Å². The van der Waals surface area contributed by atoms with Crippen LogP contribution < -0.4 is 4.74 Å². The highest BCUT2D eigenvalue weighted by molar-refractivity contribution is 5.94. The number of carbonyl (C=O) groups is 2. The minimum absolute atomic E-state index is 0.113. The van der Waals surface area contributed by atoms with Crippen molar-refractivity contribution in [2.75, 3.05) is 6.61 Å². The molecule has 1 amide bonds. The number of para-hydroxylation sites is 1. The Bertz CT molecular complexity index is 1290. The third-order valence-electron chi connectivity index (χ3n) is 6.68. The number of nitro groups is 1.